The van der Waals surface area contributed by atoms with Gasteiger partial charge < -0.3 is 19.9 Å². The molecule has 1 fully saturated rings. The molecule has 4 rings (SSSR count). The van der Waals surface area contributed by atoms with Crippen LogP contribution >= 0.6 is 0 Å². The smallest absolute Gasteiger partial charge is 0.416 e. The Kier molecular flexibility index (Phi) is 8.36. The molecule has 1 N–H and O–H groups in total. The summed E-state index contributed by atoms with van der Waals surface area (Å²) in [5.74, 6) is -0.949. The van der Waals surface area contributed by atoms with Crippen molar-refractivity contribution in [1.82, 2.24) is 19.8 Å². The molecular formula is C28H28F3N5O4. The quantitative estimate of drug-likeness (QED) is 0.443. The number of esters is 1. The molecule has 1 unspecified atom stereocenters. The van der Waals surface area contributed by atoms with Crippen molar-refractivity contribution in [2.75, 3.05) is 31.6 Å². The predicted octanol–water partition coefficient (Wildman–Crippen LogP) is 5.03. The summed E-state index contributed by atoms with van der Waals surface area (Å²) in [5.41, 5.74) is -0.104. The summed E-state index contributed by atoms with van der Waals surface area (Å²) in [7, 11) is 0. The predicted molar refractivity (Wildman–Crippen MR) is 141 cm³/mol. The fourth-order valence-corrected chi connectivity index (χ4v) is 4.49. The first-order valence-corrected chi connectivity index (χ1v) is 12.6. The highest BCUT2D eigenvalue weighted by molar-refractivity contribution is 6.07. The minimum Gasteiger partial charge on any atom is -0.462 e. The summed E-state index contributed by atoms with van der Waals surface area (Å²) in [6.07, 6.45) is -4.54. The molecule has 12 heteroatoms. The van der Waals surface area contributed by atoms with E-state index in [-0.39, 0.29) is 48.9 Å². The number of urea groups is 1. The third-order valence-electron chi connectivity index (χ3n) is 6.37. The average molecular weight is 556 g/mol. The lowest BCUT2D eigenvalue weighted by Gasteiger charge is -2.39. The van der Waals surface area contributed by atoms with Crippen LogP contribution in [-0.2, 0) is 10.9 Å². The van der Waals surface area contributed by atoms with Crippen LogP contribution in [0, 0.1) is 6.92 Å². The standard InChI is InChI=1S/C28H28F3N5O4/c1-4-40-26(38)22-23(19-9-6-5-7-10-19)32-18(3)33-24(22)25(37)35-13-14-36(17(2)16-35)27(39)34-21-12-8-11-20(15-21)28(29,30)31/h5-12,15,17H,4,13-14,16H2,1-3H3,(H,34,39). The van der Waals surface area contributed by atoms with Gasteiger partial charge in [-0.2, -0.15) is 13.2 Å². The van der Waals surface area contributed by atoms with Gasteiger partial charge in [0.1, 0.15) is 17.1 Å². The highest BCUT2D eigenvalue weighted by Gasteiger charge is 2.35. The average Bonchev–Trinajstić information content (AvgIpc) is 2.92. The Hall–Kier alpha value is -4.48. The summed E-state index contributed by atoms with van der Waals surface area (Å²) in [6, 6.07) is 12.2. The zero-order chi connectivity index (χ0) is 29.0. The van der Waals surface area contributed by atoms with E-state index in [4.69, 9.17) is 4.74 Å². The van der Waals surface area contributed by atoms with Crippen LogP contribution in [0.5, 0.6) is 0 Å². The van der Waals surface area contributed by atoms with Crippen molar-refractivity contribution >= 4 is 23.6 Å². The number of nitrogens with one attached hydrogen (secondary N) is 1. The summed E-state index contributed by atoms with van der Waals surface area (Å²) >= 11 is 0. The van der Waals surface area contributed by atoms with Gasteiger partial charge in [0.15, 0.2) is 0 Å². The van der Waals surface area contributed by atoms with E-state index in [0.29, 0.717) is 11.4 Å². The number of hydrogen-bond donors (Lipinski definition) is 1. The number of piperazine rings is 1. The number of halogens is 3. The summed E-state index contributed by atoms with van der Waals surface area (Å²) < 4.78 is 44.4. The van der Waals surface area contributed by atoms with Gasteiger partial charge in [-0.1, -0.05) is 36.4 Å². The van der Waals surface area contributed by atoms with Crippen LogP contribution in [0.1, 0.15) is 46.1 Å². The van der Waals surface area contributed by atoms with E-state index in [9.17, 15) is 27.6 Å². The van der Waals surface area contributed by atoms with E-state index >= 15 is 0 Å². The molecule has 9 nitrogen and oxygen atoms in total. The molecule has 2 aromatic carbocycles. The molecular weight excluding hydrogens is 527 g/mol. The Morgan fingerprint density at radius 2 is 1.77 bits per heavy atom. The number of aryl methyl sites for hydroxylation is 1. The van der Waals surface area contributed by atoms with Crippen molar-refractivity contribution in [2.24, 2.45) is 0 Å². The van der Waals surface area contributed by atoms with Gasteiger partial charge in [-0.3, -0.25) is 4.79 Å². The molecule has 0 bridgehead atoms. The number of carbonyl (C=O) groups is 3. The Bertz CT molecular complexity index is 1410. The van der Waals surface area contributed by atoms with Crippen molar-refractivity contribution in [3.63, 3.8) is 0 Å². The van der Waals surface area contributed by atoms with E-state index in [1.807, 2.05) is 6.07 Å². The molecule has 1 atom stereocenters. The summed E-state index contributed by atoms with van der Waals surface area (Å²) in [4.78, 5) is 51.3. The van der Waals surface area contributed by atoms with Crippen molar-refractivity contribution < 1.29 is 32.3 Å². The Morgan fingerprint density at radius 1 is 1.05 bits per heavy atom. The van der Waals surface area contributed by atoms with Gasteiger partial charge in [0.05, 0.1) is 17.9 Å². The van der Waals surface area contributed by atoms with E-state index in [2.05, 4.69) is 15.3 Å². The lowest BCUT2D eigenvalue weighted by atomic mass is 10.0. The van der Waals surface area contributed by atoms with Crippen LogP contribution in [0.25, 0.3) is 11.3 Å². The Morgan fingerprint density at radius 3 is 2.42 bits per heavy atom. The minimum atomic E-state index is -4.54. The maximum atomic E-state index is 13.7. The number of rotatable bonds is 5. The van der Waals surface area contributed by atoms with Gasteiger partial charge in [-0.05, 0) is 39.0 Å². The maximum Gasteiger partial charge on any atom is 0.416 e. The maximum absolute atomic E-state index is 13.7. The molecule has 0 aliphatic carbocycles. The summed E-state index contributed by atoms with van der Waals surface area (Å²) in [5, 5.41) is 2.50. The second-order valence-corrected chi connectivity index (χ2v) is 9.23. The number of alkyl halides is 3. The molecule has 3 amide bonds. The van der Waals surface area contributed by atoms with Gasteiger partial charge in [-0.25, -0.2) is 19.6 Å². The molecule has 1 saturated heterocycles. The molecule has 40 heavy (non-hydrogen) atoms. The first kappa shape index (κ1) is 28.5. The molecule has 1 aliphatic heterocycles. The molecule has 0 radical (unpaired) electrons. The fourth-order valence-electron chi connectivity index (χ4n) is 4.49. The molecule has 1 aliphatic rings. The van der Waals surface area contributed by atoms with E-state index < -0.39 is 35.7 Å². The topological polar surface area (TPSA) is 105 Å². The number of hydrogen-bond acceptors (Lipinski definition) is 6. The van der Waals surface area contributed by atoms with Crippen LogP contribution in [-0.4, -0.2) is 70.0 Å². The van der Waals surface area contributed by atoms with Crippen LogP contribution in [0.2, 0.25) is 0 Å². The van der Waals surface area contributed by atoms with Crippen LogP contribution in [0.15, 0.2) is 54.6 Å². The van der Waals surface area contributed by atoms with E-state index in [1.165, 1.54) is 21.9 Å². The number of anilines is 1. The van der Waals surface area contributed by atoms with Gasteiger partial charge >= 0.3 is 18.2 Å². The Labute approximate surface area is 229 Å². The van der Waals surface area contributed by atoms with Crippen molar-refractivity contribution in [3.05, 3.63) is 77.2 Å². The second-order valence-electron chi connectivity index (χ2n) is 9.23. The second kappa shape index (κ2) is 11.7. The molecule has 2 heterocycles. The lowest BCUT2D eigenvalue weighted by molar-refractivity contribution is -0.137. The third-order valence-corrected chi connectivity index (χ3v) is 6.37. The van der Waals surface area contributed by atoms with Gasteiger partial charge in [0, 0.05) is 36.9 Å². The van der Waals surface area contributed by atoms with Crippen LogP contribution in [0.3, 0.4) is 0 Å². The molecule has 3 aromatic rings. The van der Waals surface area contributed by atoms with E-state index in [1.54, 1.807) is 45.0 Å². The molecule has 1 aromatic heterocycles. The van der Waals surface area contributed by atoms with Gasteiger partial charge in [0.25, 0.3) is 5.91 Å². The number of benzene rings is 2. The number of carbonyl (C=O) groups excluding carboxylic acids is 3. The highest BCUT2D eigenvalue weighted by atomic mass is 19.4. The summed E-state index contributed by atoms with van der Waals surface area (Å²) in [6.45, 7) is 5.43. The van der Waals surface area contributed by atoms with Gasteiger partial charge in [-0.15, -0.1) is 0 Å². The zero-order valence-corrected chi connectivity index (χ0v) is 22.2. The van der Waals surface area contributed by atoms with Crippen LogP contribution < -0.4 is 5.32 Å². The number of amides is 3. The number of ether oxygens (including phenoxy) is 1. The van der Waals surface area contributed by atoms with Crippen LogP contribution in [0.4, 0.5) is 23.7 Å². The first-order chi connectivity index (χ1) is 19.0. The largest absolute Gasteiger partial charge is 0.462 e. The van der Waals surface area contributed by atoms with Gasteiger partial charge in [0.2, 0.25) is 0 Å². The number of aromatic nitrogens is 2. The van der Waals surface area contributed by atoms with Crippen molar-refractivity contribution in [1.29, 1.82) is 0 Å². The monoisotopic (exact) mass is 555 g/mol. The molecule has 0 saturated carbocycles. The van der Waals surface area contributed by atoms with Crippen molar-refractivity contribution in [2.45, 2.75) is 33.0 Å². The zero-order valence-electron chi connectivity index (χ0n) is 22.2. The number of nitrogens with zero attached hydrogens (tertiary/aromatic N) is 4. The highest BCUT2D eigenvalue weighted by Crippen LogP contribution is 2.31. The lowest BCUT2D eigenvalue weighted by Crippen LogP contribution is -2.56. The molecule has 0 spiro atoms. The minimum absolute atomic E-state index is 0.00881. The normalized spacial score (nSPS) is 15.5. The fraction of sp³-hybridized carbons (Fsp3) is 0.321. The van der Waals surface area contributed by atoms with Crippen molar-refractivity contribution in [3.8, 4) is 11.3 Å². The Balaban J connectivity index is 1.56. The van der Waals surface area contributed by atoms with E-state index in [0.717, 1.165) is 12.1 Å². The SMILES string of the molecule is CCOC(=O)c1c(C(=O)N2CCN(C(=O)Nc3cccc(C(F)(F)F)c3)C(C)C2)nc(C)nc1-c1ccccc1. The molecule has 210 valence electrons. The third kappa shape index (κ3) is 6.22. The first-order valence-electron chi connectivity index (χ1n) is 12.6.